The van der Waals surface area contributed by atoms with Gasteiger partial charge in [0.2, 0.25) is 5.91 Å². The van der Waals surface area contributed by atoms with Crippen LogP contribution in [0.15, 0.2) is 0 Å². The van der Waals surface area contributed by atoms with E-state index in [0.29, 0.717) is 0 Å². The maximum absolute atomic E-state index is 11.4. The lowest BCUT2D eigenvalue weighted by Crippen LogP contribution is -2.44. The zero-order valence-electron chi connectivity index (χ0n) is 11.1. The van der Waals surface area contributed by atoms with Crippen LogP contribution in [0.2, 0.25) is 0 Å². The lowest BCUT2D eigenvalue weighted by molar-refractivity contribution is -0.124. The molecule has 0 rings (SSSR count). The Bertz CT molecular complexity index is 310. The highest BCUT2D eigenvalue weighted by Crippen LogP contribution is 2.00. The van der Waals surface area contributed by atoms with E-state index in [-0.39, 0.29) is 18.9 Å². The fraction of sp³-hybridized carbons (Fsp3) is 0.750. The summed E-state index contributed by atoms with van der Waals surface area (Å²) in [5.74, 6) is -1.45. The van der Waals surface area contributed by atoms with E-state index in [1.165, 1.54) is 0 Å². The van der Waals surface area contributed by atoms with E-state index in [1.54, 1.807) is 0 Å². The van der Waals surface area contributed by atoms with Crippen molar-refractivity contribution >= 4 is 29.4 Å². The molecule has 0 aliphatic heterocycles. The van der Waals surface area contributed by atoms with Gasteiger partial charge in [-0.25, -0.2) is 4.79 Å². The SMILES string of the molecule is CCCCCCOC(=O)NC(CC(N)=O)C(=O)CCl. The van der Waals surface area contributed by atoms with Crippen molar-refractivity contribution in [2.75, 3.05) is 12.5 Å². The van der Waals surface area contributed by atoms with Crippen molar-refractivity contribution in [1.29, 1.82) is 0 Å². The van der Waals surface area contributed by atoms with Gasteiger partial charge in [0, 0.05) is 0 Å². The second-order valence-corrected chi connectivity index (χ2v) is 4.43. The molecule has 110 valence electrons. The minimum absolute atomic E-state index is 0.281. The van der Waals surface area contributed by atoms with Gasteiger partial charge >= 0.3 is 6.09 Å². The Morgan fingerprint density at radius 2 is 1.95 bits per heavy atom. The molecule has 1 unspecified atom stereocenters. The van der Waals surface area contributed by atoms with Crippen molar-refractivity contribution in [1.82, 2.24) is 5.32 Å². The summed E-state index contributed by atoms with van der Waals surface area (Å²) in [4.78, 5) is 33.6. The molecule has 3 N–H and O–H groups in total. The summed E-state index contributed by atoms with van der Waals surface area (Å²) in [6, 6.07) is -1.02. The fourth-order valence-corrected chi connectivity index (χ4v) is 1.60. The summed E-state index contributed by atoms with van der Waals surface area (Å²) < 4.78 is 4.90. The van der Waals surface area contributed by atoms with Gasteiger partial charge in [-0.1, -0.05) is 26.2 Å². The third-order valence-corrected chi connectivity index (χ3v) is 2.71. The first kappa shape index (κ1) is 17.7. The fourth-order valence-electron chi connectivity index (χ4n) is 1.42. The molecular weight excluding hydrogens is 272 g/mol. The molecular formula is C12H21ClN2O4. The third kappa shape index (κ3) is 9.30. The Morgan fingerprint density at radius 3 is 2.47 bits per heavy atom. The monoisotopic (exact) mass is 292 g/mol. The zero-order chi connectivity index (χ0) is 14.7. The average Bonchev–Trinajstić information content (AvgIpc) is 2.36. The van der Waals surface area contributed by atoms with Crippen LogP contribution in [0.3, 0.4) is 0 Å². The first-order valence-electron chi connectivity index (χ1n) is 6.31. The number of alkyl halides is 1. The van der Waals surface area contributed by atoms with E-state index in [9.17, 15) is 14.4 Å². The average molecular weight is 293 g/mol. The minimum Gasteiger partial charge on any atom is -0.450 e. The minimum atomic E-state index is -1.02. The van der Waals surface area contributed by atoms with Crippen LogP contribution < -0.4 is 11.1 Å². The van der Waals surface area contributed by atoms with Gasteiger partial charge in [0.25, 0.3) is 0 Å². The molecule has 0 aromatic heterocycles. The largest absolute Gasteiger partial charge is 0.450 e. The molecule has 2 amide bonds. The molecule has 0 aliphatic carbocycles. The van der Waals surface area contributed by atoms with Gasteiger partial charge in [-0.3, -0.25) is 9.59 Å². The maximum atomic E-state index is 11.4. The molecule has 0 aromatic rings. The maximum Gasteiger partial charge on any atom is 0.407 e. The van der Waals surface area contributed by atoms with Crippen LogP contribution in [-0.2, 0) is 14.3 Å². The molecule has 0 radical (unpaired) electrons. The number of carbonyl (C=O) groups is 3. The highest BCUT2D eigenvalue weighted by Gasteiger charge is 2.22. The van der Waals surface area contributed by atoms with Crippen molar-refractivity contribution < 1.29 is 19.1 Å². The molecule has 0 saturated carbocycles. The van der Waals surface area contributed by atoms with E-state index >= 15 is 0 Å². The number of ether oxygens (including phenoxy) is 1. The number of unbranched alkanes of at least 4 members (excludes halogenated alkanes) is 3. The molecule has 0 spiro atoms. The zero-order valence-corrected chi connectivity index (χ0v) is 11.9. The van der Waals surface area contributed by atoms with E-state index in [0.717, 1.165) is 25.7 Å². The van der Waals surface area contributed by atoms with E-state index in [1.807, 2.05) is 0 Å². The molecule has 19 heavy (non-hydrogen) atoms. The number of ketones is 1. The topological polar surface area (TPSA) is 98.5 Å². The molecule has 0 aliphatic rings. The first-order valence-corrected chi connectivity index (χ1v) is 6.85. The predicted octanol–water partition coefficient (Wildman–Crippen LogP) is 1.34. The van der Waals surface area contributed by atoms with Gasteiger partial charge in [0.15, 0.2) is 5.78 Å². The van der Waals surface area contributed by atoms with Crippen LogP contribution in [-0.4, -0.2) is 36.3 Å². The Balaban J connectivity index is 4.02. The lowest BCUT2D eigenvalue weighted by Gasteiger charge is -2.14. The summed E-state index contributed by atoms with van der Waals surface area (Å²) >= 11 is 5.38. The quantitative estimate of drug-likeness (QED) is 0.469. The van der Waals surface area contributed by atoms with Crippen LogP contribution >= 0.6 is 11.6 Å². The molecule has 0 aromatic carbocycles. The summed E-state index contributed by atoms with van der Waals surface area (Å²) in [6.07, 6.45) is 2.91. The number of nitrogens with one attached hydrogen (secondary N) is 1. The van der Waals surface area contributed by atoms with Crippen molar-refractivity contribution in [3.63, 3.8) is 0 Å². The van der Waals surface area contributed by atoms with Crippen LogP contribution in [0.25, 0.3) is 0 Å². The highest BCUT2D eigenvalue weighted by atomic mass is 35.5. The summed E-state index contributed by atoms with van der Waals surface area (Å²) in [5, 5.41) is 2.29. The van der Waals surface area contributed by atoms with Crippen LogP contribution in [0, 0.1) is 0 Å². The Morgan fingerprint density at radius 1 is 1.26 bits per heavy atom. The Hall–Kier alpha value is -1.30. The standard InChI is InChI=1S/C12H21ClN2O4/c1-2-3-4-5-6-19-12(18)15-9(7-11(14)17)10(16)8-13/h9H,2-8H2,1H3,(H2,14,17)(H,15,18). The van der Waals surface area contributed by atoms with Gasteiger partial charge in [0.05, 0.1) is 18.9 Å². The molecule has 0 heterocycles. The molecule has 0 bridgehead atoms. The van der Waals surface area contributed by atoms with Gasteiger partial charge in [0.1, 0.15) is 6.04 Å². The normalized spacial score (nSPS) is 11.7. The Labute approximate surface area is 118 Å². The smallest absolute Gasteiger partial charge is 0.407 e. The number of Topliss-reactive ketones (excluding diaryl/α,β-unsaturated/α-hetero) is 1. The van der Waals surface area contributed by atoms with Gasteiger partial charge < -0.3 is 15.8 Å². The number of hydrogen-bond acceptors (Lipinski definition) is 4. The Kier molecular flexibility index (Phi) is 9.88. The summed E-state index contributed by atoms with van der Waals surface area (Å²) in [5.41, 5.74) is 4.99. The number of halogens is 1. The third-order valence-electron chi connectivity index (χ3n) is 2.45. The van der Waals surface area contributed by atoms with E-state index < -0.39 is 23.8 Å². The number of hydrogen-bond donors (Lipinski definition) is 2. The number of nitrogens with two attached hydrogens (primary N) is 1. The predicted molar refractivity (Wildman–Crippen MR) is 72.0 cm³/mol. The second-order valence-electron chi connectivity index (χ2n) is 4.16. The van der Waals surface area contributed by atoms with E-state index in [2.05, 4.69) is 12.2 Å². The van der Waals surface area contributed by atoms with Crippen molar-refractivity contribution in [3.8, 4) is 0 Å². The van der Waals surface area contributed by atoms with Gasteiger partial charge in [-0.05, 0) is 6.42 Å². The molecule has 6 nitrogen and oxygen atoms in total. The van der Waals surface area contributed by atoms with Crippen LogP contribution in [0.5, 0.6) is 0 Å². The van der Waals surface area contributed by atoms with Gasteiger partial charge in [-0.15, -0.1) is 11.6 Å². The summed E-state index contributed by atoms with van der Waals surface area (Å²) in [7, 11) is 0. The number of rotatable bonds is 10. The van der Waals surface area contributed by atoms with E-state index in [4.69, 9.17) is 22.1 Å². The lowest BCUT2D eigenvalue weighted by atomic mass is 10.1. The van der Waals surface area contributed by atoms with Crippen molar-refractivity contribution in [2.24, 2.45) is 5.73 Å². The van der Waals surface area contributed by atoms with Crippen molar-refractivity contribution in [2.45, 2.75) is 45.1 Å². The number of alkyl carbamates (subject to hydrolysis) is 1. The van der Waals surface area contributed by atoms with Gasteiger partial charge in [-0.2, -0.15) is 0 Å². The molecule has 1 atom stereocenters. The van der Waals surface area contributed by atoms with Crippen molar-refractivity contribution in [3.05, 3.63) is 0 Å². The number of amides is 2. The molecule has 0 fully saturated rings. The molecule has 7 heteroatoms. The number of primary amides is 1. The number of carbonyl (C=O) groups excluding carboxylic acids is 3. The first-order chi connectivity index (χ1) is 9.01. The van der Waals surface area contributed by atoms with Crippen LogP contribution in [0.1, 0.15) is 39.0 Å². The highest BCUT2D eigenvalue weighted by molar-refractivity contribution is 6.28. The second kappa shape index (κ2) is 10.6. The summed E-state index contributed by atoms with van der Waals surface area (Å²) in [6.45, 7) is 2.37. The molecule has 0 saturated heterocycles. The van der Waals surface area contributed by atoms with Crippen LogP contribution in [0.4, 0.5) is 4.79 Å².